The summed E-state index contributed by atoms with van der Waals surface area (Å²) in [5.74, 6) is -1.05. The van der Waals surface area contributed by atoms with E-state index in [1.165, 1.54) is 0 Å². The summed E-state index contributed by atoms with van der Waals surface area (Å²) in [7, 11) is 0. The summed E-state index contributed by atoms with van der Waals surface area (Å²) in [5, 5.41) is 13.6. The van der Waals surface area contributed by atoms with Crippen molar-refractivity contribution in [2.24, 2.45) is 5.92 Å². The Labute approximate surface area is 107 Å². The highest BCUT2D eigenvalue weighted by Gasteiger charge is 2.13. The minimum absolute atomic E-state index is 0.00931. The molecule has 0 saturated heterocycles. The van der Waals surface area contributed by atoms with Crippen molar-refractivity contribution in [1.29, 1.82) is 0 Å². The smallest absolute Gasteiger partial charge is 0.176 e. The Morgan fingerprint density at radius 1 is 1.22 bits per heavy atom. The van der Waals surface area contributed by atoms with Gasteiger partial charge in [-0.2, -0.15) is 0 Å². The molecule has 0 aliphatic rings. The molecule has 18 heavy (non-hydrogen) atoms. The monoisotopic (exact) mass is 248 g/mol. The van der Waals surface area contributed by atoms with Crippen molar-refractivity contribution in [3.8, 4) is 0 Å². The van der Waals surface area contributed by atoms with E-state index in [-0.39, 0.29) is 18.2 Å². The molecule has 0 bridgehead atoms. The lowest BCUT2D eigenvalue weighted by Crippen LogP contribution is -2.47. The molecule has 0 aromatic heterocycles. The van der Waals surface area contributed by atoms with Crippen LogP contribution in [0.4, 0.5) is 0 Å². The number of carboxylic acids is 1. The first kappa shape index (κ1) is 14.4. The fraction of sp³-hybridized carbons (Fsp3) is 0.429. The number of carbonyl (C=O) groups excluding carboxylic acids is 2. The molecule has 0 spiro atoms. The third kappa shape index (κ3) is 4.67. The topological polar surface area (TPSA) is 69.2 Å². The lowest BCUT2D eigenvalue weighted by molar-refractivity contribution is -0.308. The number of carboxylic acid groups (broad SMARTS) is 1. The van der Waals surface area contributed by atoms with E-state index in [0.29, 0.717) is 12.0 Å². The van der Waals surface area contributed by atoms with Crippen molar-refractivity contribution < 1.29 is 14.7 Å². The van der Waals surface area contributed by atoms with Crippen LogP contribution in [-0.2, 0) is 4.79 Å². The van der Waals surface area contributed by atoms with Crippen molar-refractivity contribution in [2.45, 2.75) is 26.3 Å². The van der Waals surface area contributed by atoms with Crippen molar-refractivity contribution in [3.63, 3.8) is 0 Å². The fourth-order valence-electron chi connectivity index (χ4n) is 1.68. The summed E-state index contributed by atoms with van der Waals surface area (Å²) in [6, 6.07) is 8.01. The molecule has 0 saturated carbocycles. The zero-order chi connectivity index (χ0) is 13.5. The Hall–Kier alpha value is -1.68. The van der Waals surface area contributed by atoms with Gasteiger partial charge in [0, 0.05) is 11.6 Å². The number of benzene rings is 1. The normalized spacial score (nSPS) is 12.4. The number of Topliss-reactive ketones (excluding diaryl/α,β-unsaturated/α-hetero) is 1. The highest BCUT2D eigenvalue weighted by atomic mass is 16.4. The van der Waals surface area contributed by atoms with Crippen molar-refractivity contribution in [1.82, 2.24) is 5.32 Å². The van der Waals surface area contributed by atoms with Crippen LogP contribution in [0.1, 0.15) is 30.6 Å². The zero-order valence-electron chi connectivity index (χ0n) is 10.7. The van der Waals surface area contributed by atoms with Gasteiger partial charge in [0.25, 0.3) is 0 Å². The van der Waals surface area contributed by atoms with Crippen molar-refractivity contribution >= 4 is 11.8 Å². The molecule has 0 radical (unpaired) electrons. The summed E-state index contributed by atoms with van der Waals surface area (Å²) in [6.07, 6.45) is 0.449. The Morgan fingerprint density at radius 2 is 1.83 bits per heavy atom. The van der Waals surface area contributed by atoms with E-state index >= 15 is 0 Å². The fourth-order valence-corrected chi connectivity index (χ4v) is 1.68. The van der Waals surface area contributed by atoms with Crippen LogP contribution in [0.25, 0.3) is 0 Å². The van der Waals surface area contributed by atoms with Gasteiger partial charge in [-0.15, -0.1) is 0 Å². The first-order valence-corrected chi connectivity index (χ1v) is 6.03. The zero-order valence-corrected chi connectivity index (χ0v) is 10.7. The first-order chi connectivity index (χ1) is 8.50. The molecule has 4 heteroatoms. The van der Waals surface area contributed by atoms with Gasteiger partial charge in [-0.05, 0) is 12.3 Å². The maximum atomic E-state index is 11.8. The summed E-state index contributed by atoms with van der Waals surface area (Å²) in [5.41, 5.74) is 0.576. The average molecular weight is 248 g/mol. The van der Waals surface area contributed by atoms with E-state index in [0.717, 1.165) is 0 Å². The highest BCUT2D eigenvalue weighted by molar-refractivity contribution is 5.97. The predicted octanol–water partition coefficient (Wildman–Crippen LogP) is 0.623. The molecule has 0 amide bonds. The lowest BCUT2D eigenvalue weighted by Gasteiger charge is -2.21. The molecule has 0 aliphatic heterocycles. The summed E-state index contributed by atoms with van der Waals surface area (Å²) in [4.78, 5) is 22.7. The summed E-state index contributed by atoms with van der Waals surface area (Å²) >= 11 is 0. The Balaban J connectivity index is 2.52. The quantitative estimate of drug-likeness (QED) is 0.718. The second-order valence-corrected chi connectivity index (χ2v) is 4.67. The van der Waals surface area contributed by atoms with E-state index < -0.39 is 12.0 Å². The lowest BCUT2D eigenvalue weighted by atomic mass is 10.0. The van der Waals surface area contributed by atoms with E-state index in [2.05, 4.69) is 5.32 Å². The van der Waals surface area contributed by atoms with Gasteiger partial charge in [0.2, 0.25) is 0 Å². The second-order valence-electron chi connectivity index (χ2n) is 4.67. The number of ketones is 1. The van der Waals surface area contributed by atoms with Crippen LogP contribution < -0.4 is 10.4 Å². The standard InChI is InChI=1S/C14H19NO3/c1-10(2)8-12(14(17)18)15-9-13(16)11-6-4-3-5-7-11/h3-7,10,12,15H,8-9H2,1-2H3,(H,17,18)/p-1. The molecule has 4 nitrogen and oxygen atoms in total. The second kappa shape index (κ2) is 6.91. The van der Waals surface area contributed by atoms with Crippen LogP contribution in [0.5, 0.6) is 0 Å². The van der Waals surface area contributed by atoms with Crippen LogP contribution in [-0.4, -0.2) is 24.3 Å². The number of hydrogen-bond donors (Lipinski definition) is 1. The molecule has 0 fully saturated rings. The molecule has 1 atom stereocenters. The highest BCUT2D eigenvalue weighted by Crippen LogP contribution is 2.05. The SMILES string of the molecule is CC(C)CC(NCC(=O)c1ccccc1)C(=O)[O-]. The summed E-state index contributed by atoms with van der Waals surface area (Å²) < 4.78 is 0. The Kier molecular flexibility index (Phi) is 5.52. The molecule has 1 N–H and O–H groups in total. The molecular formula is C14H18NO3-. The molecular weight excluding hydrogens is 230 g/mol. The van der Waals surface area contributed by atoms with Crippen LogP contribution in [0.3, 0.4) is 0 Å². The third-order valence-electron chi connectivity index (χ3n) is 2.60. The van der Waals surface area contributed by atoms with Crippen LogP contribution in [0.15, 0.2) is 30.3 Å². The van der Waals surface area contributed by atoms with Gasteiger partial charge in [0.15, 0.2) is 5.78 Å². The van der Waals surface area contributed by atoms with Gasteiger partial charge in [0.05, 0.1) is 12.5 Å². The summed E-state index contributed by atoms with van der Waals surface area (Å²) in [6.45, 7) is 3.86. The number of nitrogens with one attached hydrogen (secondary N) is 1. The number of carbonyl (C=O) groups is 2. The minimum atomic E-state index is -1.16. The number of rotatable bonds is 7. The van der Waals surface area contributed by atoms with Crippen molar-refractivity contribution in [3.05, 3.63) is 35.9 Å². The minimum Gasteiger partial charge on any atom is -0.548 e. The van der Waals surface area contributed by atoms with Crippen LogP contribution in [0, 0.1) is 5.92 Å². The van der Waals surface area contributed by atoms with Crippen LogP contribution in [0.2, 0.25) is 0 Å². The van der Waals surface area contributed by atoms with E-state index in [4.69, 9.17) is 0 Å². The van der Waals surface area contributed by atoms with Gasteiger partial charge in [-0.25, -0.2) is 0 Å². The maximum absolute atomic E-state index is 11.8. The molecule has 1 rings (SSSR count). The molecule has 98 valence electrons. The van der Waals surface area contributed by atoms with Gasteiger partial charge >= 0.3 is 0 Å². The van der Waals surface area contributed by atoms with Gasteiger partial charge in [-0.3, -0.25) is 4.79 Å². The van der Waals surface area contributed by atoms with Gasteiger partial charge in [-0.1, -0.05) is 44.2 Å². The Bertz CT molecular complexity index is 401. The largest absolute Gasteiger partial charge is 0.548 e. The van der Waals surface area contributed by atoms with Gasteiger partial charge in [0.1, 0.15) is 0 Å². The maximum Gasteiger partial charge on any atom is 0.176 e. The van der Waals surface area contributed by atoms with E-state index in [1.54, 1.807) is 24.3 Å². The van der Waals surface area contributed by atoms with E-state index in [1.807, 2.05) is 19.9 Å². The molecule has 1 unspecified atom stereocenters. The Morgan fingerprint density at radius 3 is 2.33 bits per heavy atom. The van der Waals surface area contributed by atoms with E-state index in [9.17, 15) is 14.7 Å². The molecule has 0 heterocycles. The first-order valence-electron chi connectivity index (χ1n) is 6.03. The average Bonchev–Trinajstić information content (AvgIpc) is 2.34. The molecule has 0 aliphatic carbocycles. The van der Waals surface area contributed by atoms with Crippen molar-refractivity contribution in [2.75, 3.05) is 6.54 Å². The molecule has 1 aromatic rings. The van der Waals surface area contributed by atoms with Gasteiger partial charge < -0.3 is 15.2 Å². The number of aliphatic carboxylic acids is 1. The van der Waals surface area contributed by atoms with Crippen LogP contribution >= 0.6 is 0 Å². The predicted molar refractivity (Wildman–Crippen MR) is 67.0 cm³/mol. The number of hydrogen-bond acceptors (Lipinski definition) is 4. The third-order valence-corrected chi connectivity index (χ3v) is 2.60. The molecule has 1 aromatic carbocycles.